The highest BCUT2D eigenvalue weighted by molar-refractivity contribution is 7.17. The second-order valence-corrected chi connectivity index (χ2v) is 10.6. The van der Waals surface area contributed by atoms with Crippen molar-refractivity contribution in [3.63, 3.8) is 0 Å². The van der Waals surface area contributed by atoms with Crippen molar-refractivity contribution in [3.8, 4) is 5.75 Å². The molecule has 1 heterocycles. The summed E-state index contributed by atoms with van der Waals surface area (Å²) in [4.78, 5) is 23.9. The van der Waals surface area contributed by atoms with Gasteiger partial charge in [0.15, 0.2) is 0 Å². The first-order valence-corrected chi connectivity index (χ1v) is 12.0. The molecule has 0 radical (unpaired) electrons. The number of phenols is 1. The Morgan fingerprint density at radius 3 is 2.81 bits per heavy atom. The van der Waals surface area contributed by atoms with Gasteiger partial charge in [0.05, 0.1) is 5.56 Å². The Labute approximate surface area is 187 Å². The first kappa shape index (κ1) is 21.9. The number of allylic oxidation sites excluding steroid dienone is 2. The number of carbonyl (C=O) groups excluding carboxylic acids is 1. The van der Waals surface area contributed by atoms with E-state index in [1.165, 1.54) is 17.8 Å². The van der Waals surface area contributed by atoms with Crippen molar-refractivity contribution >= 4 is 33.3 Å². The van der Waals surface area contributed by atoms with Crippen LogP contribution >= 0.6 is 11.3 Å². The molecule has 0 spiro atoms. The minimum atomic E-state index is -0.750. The van der Waals surface area contributed by atoms with E-state index in [-0.39, 0.29) is 29.5 Å². The third kappa shape index (κ3) is 4.36. The quantitative estimate of drug-likeness (QED) is 0.368. The van der Waals surface area contributed by atoms with Crippen molar-refractivity contribution < 1.29 is 19.8 Å². The van der Waals surface area contributed by atoms with Gasteiger partial charge in [-0.3, -0.25) is 9.59 Å². The maximum atomic E-state index is 13.2. The van der Waals surface area contributed by atoms with E-state index >= 15 is 0 Å². The zero-order valence-electron chi connectivity index (χ0n) is 18.1. The van der Waals surface area contributed by atoms with Crippen molar-refractivity contribution in [1.82, 2.24) is 5.32 Å². The van der Waals surface area contributed by atoms with E-state index in [9.17, 15) is 14.7 Å². The fourth-order valence-corrected chi connectivity index (χ4v) is 6.47. The molecule has 2 aromatic rings. The predicted molar refractivity (Wildman–Crippen MR) is 123 cm³/mol. The molecule has 1 amide bonds. The number of hydrogen-bond acceptors (Lipinski definition) is 4. The zero-order valence-corrected chi connectivity index (χ0v) is 19.0. The van der Waals surface area contributed by atoms with Crippen LogP contribution in [0.3, 0.4) is 0 Å². The molecular weight excluding hydrogens is 410 g/mol. The summed E-state index contributed by atoms with van der Waals surface area (Å²) in [7, 11) is 0. The number of phenolic OH excluding ortho intramolecular Hbond substituents is 1. The minimum Gasteiger partial charge on any atom is -0.508 e. The summed E-state index contributed by atoms with van der Waals surface area (Å²) in [6.45, 7) is 4.64. The van der Waals surface area contributed by atoms with Crippen LogP contribution in [0.1, 0.15) is 62.7 Å². The van der Waals surface area contributed by atoms with Gasteiger partial charge in [-0.1, -0.05) is 26.0 Å². The van der Waals surface area contributed by atoms with Gasteiger partial charge in [-0.15, -0.1) is 11.3 Å². The van der Waals surface area contributed by atoms with Crippen LogP contribution in [0.25, 0.3) is 10.1 Å². The first-order valence-electron chi connectivity index (χ1n) is 11.1. The van der Waals surface area contributed by atoms with Crippen molar-refractivity contribution in [1.29, 1.82) is 0 Å². The number of rotatable bonds is 8. The fourth-order valence-electron chi connectivity index (χ4n) is 5.55. The molecular formula is C25H31NO4S. The predicted octanol–water partition coefficient (Wildman–Crippen LogP) is 5.59. The van der Waals surface area contributed by atoms with Crippen LogP contribution in [-0.2, 0) is 4.79 Å². The Morgan fingerprint density at radius 2 is 2.06 bits per heavy atom. The summed E-state index contributed by atoms with van der Waals surface area (Å²) in [6.07, 6.45) is 9.08. The van der Waals surface area contributed by atoms with Crippen molar-refractivity contribution in [2.24, 2.45) is 23.2 Å². The number of benzene rings is 1. The van der Waals surface area contributed by atoms with Gasteiger partial charge in [-0.2, -0.15) is 0 Å². The number of carboxylic acids is 1. The van der Waals surface area contributed by atoms with Crippen LogP contribution in [0, 0.1) is 23.2 Å². The molecule has 3 saturated carbocycles. The van der Waals surface area contributed by atoms with Crippen LogP contribution < -0.4 is 5.32 Å². The molecule has 5 nitrogen and oxygen atoms in total. The van der Waals surface area contributed by atoms with E-state index in [2.05, 4.69) is 31.3 Å². The second-order valence-electron chi connectivity index (χ2n) is 9.68. The molecule has 3 fully saturated rings. The maximum absolute atomic E-state index is 13.2. The Hall–Kier alpha value is -2.34. The molecule has 5 rings (SSSR count). The third-order valence-corrected chi connectivity index (χ3v) is 8.50. The van der Waals surface area contributed by atoms with E-state index in [4.69, 9.17) is 5.11 Å². The highest BCUT2D eigenvalue weighted by atomic mass is 32.1. The van der Waals surface area contributed by atoms with E-state index in [0.29, 0.717) is 29.7 Å². The molecule has 3 aliphatic rings. The lowest BCUT2D eigenvalue weighted by molar-refractivity contribution is -0.137. The smallest absolute Gasteiger partial charge is 0.303 e. The number of unbranched alkanes of at least 4 members (excludes halogenated alkanes) is 1. The molecule has 4 atom stereocenters. The molecule has 0 aliphatic heterocycles. The summed E-state index contributed by atoms with van der Waals surface area (Å²) in [5, 5.41) is 24.7. The monoisotopic (exact) mass is 441 g/mol. The third-order valence-electron chi connectivity index (χ3n) is 7.54. The Morgan fingerprint density at radius 1 is 1.26 bits per heavy atom. The maximum Gasteiger partial charge on any atom is 0.303 e. The SMILES string of the molecule is CC1(C)[C@@H]2C[C@H](C/C=C\CCCC(=O)O)[C@H](NC(=O)c3csc4ccc(O)cc34)[C@H]1C2. The number of aromatic hydroxyl groups is 1. The number of aliphatic carboxylic acids is 1. The zero-order chi connectivity index (χ0) is 22.2. The van der Waals surface area contributed by atoms with Gasteiger partial charge in [-0.25, -0.2) is 0 Å². The van der Waals surface area contributed by atoms with Gasteiger partial charge < -0.3 is 15.5 Å². The molecule has 6 heteroatoms. The summed E-state index contributed by atoms with van der Waals surface area (Å²) >= 11 is 1.52. The van der Waals surface area contributed by atoms with Crippen LogP contribution in [0.5, 0.6) is 5.75 Å². The average Bonchev–Trinajstić information content (AvgIpc) is 3.13. The molecule has 3 N–H and O–H groups in total. The van der Waals surface area contributed by atoms with Crippen molar-refractivity contribution in [2.75, 3.05) is 0 Å². The molecule has 0 saturated heterocycles. The number of carboxylic acid groups (broad SMARTS) is 1. The minimum absolute atomic E-state index is 0.0570. The highest BCUT2D eigenvalue weighted by Gasteiger charge is 2.57. The van der Waals surface area contributed by atoms with E-state index < -0.39 is 5.97 Å². The lowest BCUT2D eigenvalue weighted by atomic mass is 9.44. The summed E-state index contributed by atoms with van der Waals surface area (Å²) in [5.74, 6) is 0.939. The van der Waals surface area contributed by atoms with Gasteiger partial charge >= 0.3 is 5.97 Å². The van der Waals surface area contributed by atoms with E-state index in [1.807, 2.05) is 11.4 Å². The highest BCUT2D eigenvalue weighted by Crippen LogP contribution is 2.61. The summed E-state index contributed by atoms with van der Waals surface area (Å²) < 4.78 is 0.997. The number of nitrogens with one attached hydrogen (secondary N) is 1. The first-order chi connectivity index (χ1) is 14.8. The van der Waals surface area contributed by atoms with Gasteiger partial charge in [-0.05, 0) is 73.5 Å². The van der Waals surface area contributed by atoms with Gasteiger partial charge in [0.25, 0.3) is 5.91 Å². The molecule has 0 unspecified atom stereocenters. The summed E-state index contributed by atoms with van der Waals surface area (Å²) in [5.41, 5.74) is 0.882. The number of fused-ring (bicyclic) bond motifs is 3. The summed E-state index contributed by atoms with van der Waals surface area (Å²) in [6, 6.07) is 5.30. The second kappa shape index (κ2) is 8.65. The Bertz CT molecular complexity index is 1010. The standard InChI is InChI=1S/C25H31NO4S/c1-25(2)16-11-15(7-5-3-4-6-8-22(28)29)23(20(25)12-16)26-24(30)19-14-31-21-10-9-17(27)13-18(19)21/h3,5,9-10,13-16,20,23,27H,4,6-8,11-12H2,1-2H3,(H,26,30)(H,28,29)/b5-3-/t15-,16+,20+,23-/m0/s1. The largest absolute Gasteiger partial charge is 0.508 e. The molecule has 1 aromatic carbocycles. The van der Waals surface area contributed by atoms with Crippen LogP contribution in [0.2, 0.25) is 0 Å². The lowest BCUT2D eigenvalue weighted by Crippen LogP contribution is -2.63. The van der Waals surface area contributed by atoms with Crippen LogP contribution in [0.15, 0.2) is 35.7 Å². The molecule has 2 bridgehead atoms. The topological polar surface area (TPSA) is 86.6 Å². The molecule has 3 aliphatic carbocycles. The van der Waals surface area contributed by atoms with E-state index in [1.54, 1.807) is 12.1 Å². The van der Waals surface area contributed by atoms with Crippen molar-refractivity contribution in [2.45, 2.75) is 58.4 Å². The fraction of sp³-hybridized carbons (Fsp3) is 0.520. The van der Waals surface area contributed by atoms with Gasteiger partial charge in [0.1, 0.15) is 5.75 Å². The number of hydrogen-bond donors (Lipinski definition) is 3. The Kier molecular flexibility index (Phi) is 6.11. The normalized spacial score (nSPS) is 26.6. The van der Waals surface area contributed by atoms with Crippen LogP contribution in [0.4, 0.5) is 0 Å². The lowest BCUT2D eigenvalue weighted by Gasteiger charge is -2.62. The number of carbonyl (C=O) groups is 2. The van der Waals surface area contributed by atoms with Crippen molar-refractivity contribution in [3.05, 3.63) is 41.3 Å². The average molecular weight is 442 g/mol. The van der Waals surface area contributed by atoms with E-state index in [0.717, 1.165) is 29.3 Å². The van der Waals surface area contributed by atoms with Gasteiger partial charge in [0.2, 0.25) is 0 Å². The molecule has 1 aromatic heterocycles. The number of thiophene rings is 1. The molecule has 166 valence electrons. The van der Waals surface area contributed by atoms with Gasteiger partial charge in [0, 0.05) is 27.9 Å². The molecule has 31 heavy (non-hydrogen) atoms. The van der Waals surface area contributed by atoms with Crippen LogP contribution in [-0.4, -0.2) is 28.1 Å². The number of amides is 1. The Balaban J connectivity index is 1.46.